The summed E-state index contributed by atoms with van der Waals surface area (Å²) < 4.78 is 0. The molecule has 2 aromatic carbocycles. The third-order valence-electron chi connectivity index (χ3n) is 5.02. The minimum Gasteiger partial charge on any atom is -0.473 e. The minimum absolute atomic E-state index is 0.150. The highest BCUT2D eigenvalue weighted by Crippen LogP contribution is 2.20. The summed E-state index contributed by atoms with van der Waals surface area (Å²) in [4.78, 5) is 33.0. The molecule has 0 aromatic heterocycles. The SMILES string of the molecule is O=C(NCCc1ccccc1)C1CCN(Cc2ccc(Cl)cc2)CC1.O=C(O)C(=O)O. The molecule has 1 aliphatic rings. The Bertz CT molecular complexity index is 838. The van der Waals surface area contributed by atoms with Crippen LogP contribution >= 0.6 is 11.6 Å². The number of piperidine rings is 1. The third-order valence-corrected chi connectivity index (χ3v) is 5.27. The summed E-state index contributed by atoms with van der Waals surface area (Å²) in [6.45, 7) is 3.59. The van der Waals surface area contributed by atoms with Crippen LogP contribution in [0.5, 0.6) is 0 Å². The van der Waals surface area contributed by atoms with Gasteiger partial charge < -0.3 is 15.5 Å². The zero-order valence-corrected chi connectivity index (χ0v) is 17.9. The standard InChI is InChI=1S/C21H25ClN2O.C2H2O4/c22-20-8-6-18(7-9-20)16-24-14-11-19(12-15-24)21(25)23-13-10-17-4-2-1-3-5-17;3-1(4)2(5)6/h1-9,19H,10-16H2,(H,23,25);(H,3,4)(H,5,6). The molecule has 0 radical (unpaired) electrons. The van der Waals surface area contributed by atoms with Gasteiger partial charge in [-0.3, -0.25) is 9.69 Å². The molecule has 0 aliphatic carbocycles. The molecule has 0 atom stereocenters. The summed E-state index contributed by atoms with van der Waals surface area (Å²) in [6.07, 6.45) is 2.76. The van der Waals surface area contributed by atoms with Crippen molar-refractivity contribution in [3.63, 3.8) is 0 Å². The monoisotopic (exact) mass is 446 g/mol. The van der Waals surface area contributed by atoms with Gasteiger partial charge in [0.1, 0.15) is 0 Å². The maximum absolute atomic E-state index is 12.3. The number of halogens is 1. The number of amides is 1. The Morgan fingerprint density at radius 2 is 1.48 bits per heavy atom. The summed E-state index contributed by atoms with van der Waals surface area (Å²) in [6, 6.07) is 18.3. The van der Waals surface area contributed by atoms with Crippen LogP contribution in [0, 0.1) is 5.92 Å². The molecule has 0 bridgehead atoms. The first-order chi connectivity index (χ1) is 14.8. The second-order valence-electron chi connectivity index (χ2n) is 7.31. The molecule has 1 amide bonds. The predicted molar refractivity (Wildman–Crippen MR) is 118 cm³/mol. The number of likely N-dealkylation sites (tertiary alicyclic amines) is 1. The fraction of sp³-hybridized carbons (Fsp3) is 0.348. The summed E-state index contributed by atoms with van der Waals surface area (Å²) in [7, 11) is 0. The average Bonchev–Trinajstić information content (AvgIpc) is 2.77. The van der Waals surface area contributed by atoms with E-state index in [0.717, 1.165) is 43.9 Å². The van der Waals surface area contributed by atoms with Gasteiger partial charge in [-0.25, -0.2) is 9.59 Å². The summed E-state index contributed by atoms with van der Waals surface area (Å²) in [5.41, 5.74) is 2.54. The molecule has 0 unspecified atom stereocenters. The largest absolute Gasteiger partial charge is 0.473 e. The van der Waals surface area contributed by atoms with Gasteiger partial charge in [-0.1, -0.05) is 54.1 Å². The lowest BCUT2D eigenvalue weighted by atomic mass is 9.95. The Kier molecular flexibility index (Phi) is 10.00. The van der Waals surface area contributed by atoms with Gasteiger partial charge in [0.2, 0.25) is 5.91 Å². The van der Waals surface area contributed by atoms with Crippen LogP contribution in [0.2, 0.25) is 5.02 Å². The van der Waals surface area contributed by atoms with Crippen LogP contribution in [0.25, 0.3) is 0 Å². The van der Waals surface area contributed by atoms with Crippen molar-refractivity contribution < 1.29 is 24.6 Å². The molecule has 7 nitrogen and oxygen atoms in total. The van der Waals surface area contributed by atoms with Gasteiger partial charge in [0.15, 0.2) is 0 Å². The second kappa shape index (κ2) is 12.7. The molecule has 3 rings (SSSR count). The van der Waals surface area contributed by atoms with Gasteiger partial charge in [0.05, 0.1) is 0 Å². The molecule has 0 spiro atoms. The lowest BCUT2D eigenvalue weighted by Crippen LogP contribution is -2.40. The van der Waals surface area contributed by atoms with E-state index < -0.39 is 11.9 Å². The van der Waals surface area contributed by atoms with Crippen molar-refractivity contribution >= 4 is 29.4 Å². The normalized spacial score (nSPS) is 14.2. The maximum atomic E-state index is 12.3. The van der Waals surface area contributed by atoms with Crippen molar-refractivity contribution in [3.05, 3.63) is 70.7 Å². The van der Waals surface area contributed by atoms with E-state index in [4.69, 9.17) is 31.4 Å². The summed E-state index contributed by atoms with van der Waals surface area (Å²) in [5.74, 6) is -3.29. The maximum Gasteiger partial charge on any atom is 0.414 e. The molecule has 31 heavy (non-hydrogen) atoms. The van der Waals surface area contributed by atoms with Gasteiger partial charge in [-0.15, -0.1) is 0 Å². The minimum atomic E-state index is -1.82. The van der Waals surface area contributed by atoms with E-state index in [-0.39, 0.29) is 11.8 Å². The highest BCUT2D eigenvalue weighted by Gasteiger charge is 2.24. The number of carboxylic acid groups (broad SMARTS) is 2. The lowest BCUT2D eigenvalue weighted by Gasteiger charge is -2.31. The number of aliphatic carboxylic acids is 2. The van der Waals surface area contributed by atoms with Crippen molar-refractivity contribution in [3.8, 4) is 0 Å². The summed E-state index contributed by atoms with van der Waals surface area (Å²) >= 11 is 5.93. The molecule has 1 fully saturated rings. The highest BCUT2D eigenvalue weighted by atomic mass is 35.5. The number of rotatable bonds is 6. The van der Waals surface area contributed by atoms with E-state index in [1.807, 2.05) is 30.3 Å². The van der Waals surface area contributed by atoms with E-state index >= 15 is 0 Å². The third kappa shape index (κ3) is 9.19. The van der Waals surface area contributed by atoms with E-state index in [9.17, 15) is 4.79 Å². The number of benzene rings is 2. The Labute approximate surface area is 186 Å². The van der Waals surface area contributed by atoms with E-state index in [0.29, 0.717) is 6.54 Å². The van der Waals surface area contributed by atoms with Gasteiger partial charge >= 0.3 is 11.9 Å². The van der Waals surface area contributed by atoms with Gasteiger partial charge in [-0.2, -0.15) is 0 Å². The zero-order chi connectivity index (χ0) is 22.6. The fourth-order valence-electron chi connectivity index (χ4n) is 3.32. The molecule has 0 saturated carbocycles. The zero-order valence-electron chi connectivity index (χ0n) is 17.2. The summed E-state index contributed by atoms with van der Waals surface area (Å²) in [5, 5.41) is 18.7. The number of carbonyl (C=O) groups is 3. The Balaban J connectivity index is 0.000000501. The number of carbonyl (C=O) groups excluding carboxylic acids is 1. The van der Waals surface area contributed by atoms with Crippen LogP contribution in [-0.2, 0) is 27.3 Å². The lowest BCUT2D eigenvalue weighted by molar-refractivity contribution is -0.159. The van der Waals surface area contributed by atoms with E-state index in [1.165, 1.54) is 11.1 Å². The fourth-order valence-corrected chi connectivity index (χ4v) is 3.45. The second-order valence-corrected chi connectivity index (χ2v) is 7.75. The predicted octanol–water partition coefficient (Wildman–Crippen LogP) is 3.07. The van der Waals surface area contributed by atoms with E-state index in [1.54, 1.807) is 0 Å². The first kappa shape index (κ1) is 24.4. The van der Waals surface area contributed by atoms with Gasteiger partial charge in [-0.05, 0) is 55.6 Å². The highest BCUT2D eigenvalue weighted by molar-refractivity contribution is 6.30. The van der Waals surface area contributed by atoms with E-state index in [2.05, 4.69) is 34.5 Å². The van der Waals surface area contributed by atoms with Crippen LogP contribution in [0.1, 0.15) is 24.0 Å². The molecule has 1 aliphatic heterocycles. The van der Waals surface area contributed by atoms with Crippen molar-refractivity contribution in [2.45, 2.75) is 25.8 Å². The number of carboxylic acids is 2. The van der Waals surface area contributed by atoms with Crippen molar-refractivity contribution in [2.75, 3.05) is 19.6 Å². The molecule has 1 saturated heterocycles. The van der Waals surface area contributed by atoms with Crippen LogP contribution in [0.4, 0.5) is 0 Å². The molecule has 1 heterocycles. The van der Waals surface area contributed by atoms with Crippen molar-refractivity contribution in [2.24, 2.45) is 5.92 Å². The first-order valence-corrected chi connectivity index (χ1v) is 10.5. The molecular formula is C23H27ClN2O5. The number of nitrogens with one attached hydrogen (secondary N) is 1. The van der Waals surface area contributed by atoms with Crippen LogP contribution in [0.15, 0.2) is 54.6 Å². The Morgan fingerprint density at radius 3 is 2.03 bits per heavy atom. The van der Waals surface area contributed by atoms with Gasteiger partial charge in [0.25, 0.3) is 0 Å². The Morgan fingerprint density at radius 1 is 0.903 bits per heavy atom. The number of nitrogens with zero attached hydrogens (tertiary/aromatic N) is 1. The van der Waals surface area contributed by atoms with Crippen LogP contribution < -0.4 is 5.32 Å². The van der Waals surface area contributed by atoms with Crippen LogP contribution in [0.3, 0.4) is 0 Å². The number of hydrogen-bond acceptors (Lipinski definition) is 4. The molecule has 3 N–H and O–H groups in total. The molecule has 166 valence electrons. The first-order valence-electron chi connectivity index (χ1n) is 10.1. The van der Waals surface area contributed by atoms with Gasteiger partial charge in [0, 0.05) is 24.0 Å². The quantitative estimate of drug-likeness (QED) is 0.589. The Hall–Kier alpha value is -2.90. The molecular weight excluding hydrogens is 420 g/mol. The van der Waals surface area contributed by atoms with Crippen molar-refractivity contribution in [1.82, 2.24) is 10.2 Å². The van der Waals surface area contributed by atoms with Crippen molar-refractivity contribution in [1.29, 1.82) is 0 Å². The molecule has 8 heteroatoms. The number of hydrogen-bond donors (Lipinski definition) is 3. The topological polar surface area (TPSA) is 107 Å². The van der Waals surface area contributed by atoms with Crippen LogP contribution in [-0.4, -0.2) is 52.6 Å². The molecule has 2 aromatic rings. The smallest absolute Gasteiger partial charge is 0.414 e. The average molecular weight is 447 g/mol.